The molecule has 0 saturated carbocycles. The van der Waals surface area contributed by atoms with Gasteiger partial charge < -0.3 is 0 Å². The van der Waals surface area contributed by atoms with E-state index < -0.39 is 20.7 Å². The van der Waals surface area contributed by atoms with Gasteiger partial charge in [0, 0.05) is 22.4 Å². The molecule has 7 nitrogen and oxygen atoms in total. The van der Waals surface area contributed by atoms with Crippen molar-refractivity contribution in [3.8, 4) is 0 Å². The number of aromatic nitrogens is 1. The molecule has 1 N–H and O–H groups in total. The molecule has 0 saturated heterocycles. The third-order valence-electron chi connectivity index (χ3n) is 3.05. The summed E-state index contributed by atoms with van der Waals surface area (Å²) in [5.74, 6) is -0.478. The lowest BCUT2D eigenvalue weighted by atomic mass is 9.93. The Morgan fingerprint density at radius 2 is 1.96 bits per heavy atom. The van der Waals surface area contributed by atoms with Crippen molar-refractivity contribution < 1.29 is 13.3 Å². The number of nitrogens with one attached hydrogen (secondary N) is 1. The number of rotatable bonds is 5. The van der Waals surface area contributed by atoms with E-state index in [1.165, 1.54) is 29.5 Å². The van der Waals surface area contributed by atoms with Crippen molar-refractivity contribution in [1.29, 1.82) is 0 Å². The summed E-state index contributed by atoms with van der Waals surface area (Å²) in [4.78, 5) is 14.6. The number of nitrogens with zero attached hydrogens (tertiary/aromatic N) is 2. The van der Waals surface area contributed by atoms with E-state index in [1.54, 1.807) is 11.4 Å². The average molecular weight is 355 g/mol. The average Bonchev–Trinajstić information content (AvgIpc) is 2.86. The van der Waals surface area contributed by atoms with Crippen LogP contribution in [0.4, 0.5) is 10.8 Å². The lowest BCUT2D eigenvalue weighted by Crippen LogP contribution is -2.16. The Kier molecular flexibility index (Phi) is 4.71. The van der Waals surface area contributed by atoms with Gasteiger partial charge in [-0.05, 0) is 0 Å². The molecule has 0 fully saturated rings. The Balaban J connectivity index is 2.20. The first-order valence-corrected chi connectivity index (χ1v) is 9.30. The SMILES string of the molecule is CC(C)(C)c1csc(NS(=O)(=O)Cc2ccccc2[N+](=O)[O-])n1. The number of para-hydroxylation sites is 1. The molecule has 1 aromatic carbocycles. The lowest BCUT2D eigenvalue weighted by molar-refractivity contribution is -0.385. The van der Waals surface area contributed by atoms with Gasteiger partial charge in [-0.2, -0.15) is 0 Å². The molecule has 1 heterocycles. The van der Waals surface area contributed by atoms with Crippen molar-refractivity contribution in [3.63, 3.8) is 0 Å². The number of hydrogen-bond donors (Lipinski definition) is 1. The predicted octanol–water partition coefficient (Wildman–Crippen LogP) is 3.29. The van der Waals surface area contributed by atoms with Crippen molar-refractivity contribution >= 4 is 32.2 Å². The fourth-order valence-corrected chi connectivity index (χ4v) is 4.24. The molecule has 0 unspecified atom stereocenters. The van der Waals surface area contributed by atoms with Crippen LogP contribution in [0.15, 0.2) is 29.6 Å². The summed E-state index contributed by atoms with van der Waals surface area (Å²) in [6, 6.07) is 5.78. The van der Waals surface area contributed by atoms with Crippen LogP contribution >= 0.6 is 11.3 Å². The summed E-state index contributed by atoms with van der Waals surface area (Å²) in [6.45, 7) is 5.94. The van der Waals surface area contributed by atoms with E-state index in [0.717, 1.165) is 5.69 Å². The van der Waals surface area contributed by atoms with Crippen molar-refractivity contribution in [2.24, 2.45) is 0 Å². The van der Waals surface area contributed by atoms with Gasteiger partial charge >= 0.3 is 0 Å². The summed E-state index contributed by atoms with van der Waals surface area (Å²) >= 11 is 1.19. The zero-order valence-electron chi connectivity index (χ0n) is 12.9. The minimum atomic E-state index is -3.78. The van der Waals surface area contributed by atoms with Gasteiger partial charge in [-0.25, -0.2) is 13.4 Å². The normalized spacial score (nSPS) is 12.1. The van der Waals surface area contributed by atoms with Crippen LogP contribution in [-0.2, 0) is 21.2 Å². The molecule has 9 heteroatoms. The van der Waals surface area contributed by atoms with E-state index in [9.17, 15) is 18.5 Å². The lowest BCUT2D eigenvalue weighted by Gasteiger charge is -2.14. The molecular formula is C14H17N3O4S2. The minimum Gasteiger partial charge on any atom is -0.258 e. The van der Waals surface area contributed by atoms with Crippen molar-refractivity contribution in [3.05, 3.63) is 51.0 Å². The first-order valence-electron chi connectivity index (χ1n) is 6.77. The maximum absolute atomic E-state index is 12.2. The molecule has 2 aromatic rings. The molecule has 23 heavy (non-hydrogen) atoms. The number of thiazole rings is 1. The van der Waals surface area contributed by atoms with Crippen LogP contribution in [0.2, 0.25) is 0 Å². The van der Waals surface area contributed by atoms with Gasteiger partial charge in [0.2, 0.25) is 10.0 Å². The Morgan fingerprint density at radius 3 is 2.52 bits per heavy atom. The van der Waals surface area contributed by atoms with Crippen LogP contribution in [0.25, 0.3) is 0 Å². The van der Waals surface area contributed by atoms with Gasteiger partial charge in [0.25, 0.3) is 5.69 Å². The maximum Gasteiger partial charge on any atom is 0.273 e. The first kappa shape index (κ1) is 17.4. The van der Waals surface area contributed by atoms with Crippen molar-refractivity contribution in [1.82, 2.24) is 4.98 Å². The number of nitro benzene ring substituents is 1. The summed E-state index contributed by atoms with van der Waals surface area (Å²) in [5.41, 5.74) is 0.522. The molecule has 0 radical (unpaired) electrons. The van der Waals surface area contributed by atoms with Crippen molar-refractivity contribution in [2.45, 2.75) is 31.9 Å². The first-order chi connectivity index (χ1) is 10.6. The zero-order valence-corrected chi connectivity index (χ0v) is 14.6. The molecule has 0 amide bonds. The Morgan fingerprint density at radius 1 is 1.30 bits per heavy atom. The van der Waals surface area contributed by atoms with Crippen LogP contribution in [0.1, 0.15) is 32.0 Å². The van der Waals surface area contributed by atoms with Gasteiger partial charge in [0.15, 0.2) is 5.13 Å². The van der Waals surface area contributed by atoms with Crippen LogP contribution in [0.5, 0.6) is 0 Å². The molecule has 0 bridgehead atoms. The topological polar surface area (TPSA) is 102 Å². The third-order valence-corrected chi connectivity index (χ3v) is 5.13. The molecule has 0 aliphatic carbocycles. The molecule has 124 valence electrons. The van der Waals surface area contributed by atoms with E-state index >= 15 is 0 Å². The summed E-state index contributed by atoms with van der Waals surface area (Å²) in [5, 5.41) is 13.0. The second kappa shape index (κ2) is 6.25. The molecular weight excluding hydrogens is 338 g/mol. The second-order valence-electron chi connectivity index (χ2n) is 6.03. The number of sulfonamides is 1. The van der Waals surface area contributed by atoms with Gasteiger partial charge in [0.1, 0.15) is 5.75 Å². The van der Waals surface area contributed by atoms with Gasteiger partial charge in [0.05, 0.1) is 10.6 Å². The van der Waals surface area contributed by atoms with E-state index in [1.807, 2.05) is 20.8 Å². The van der Waals surface area contributed by atoms with Crippen LogP contribution < -0.4 is 4.72 Å². The summed E-state index contributed by atoms with van der Waals surface area (Å²) in [7, 11) is -3.78. The largest absolute Gasteiger partial charge is 0.273 e. The Labute approximate surface area is 138 Å². The molecule has 0 aliphatic heterocycles. The van der Waals surface area contributed by atoms with E-state index in [0.29, 0.717) is 0 Å². The van der Waals surface area contributed by atoms with Crippen LogP contribution in [0.3, 0.4) is 0 Å². The number of anilines is 1. The highest BCUT2D eigenvalue weighted by molar-refractivity contribution is 7.92. The molecule has 2 rings (SSSR count). The molecule has 0 aliphatic rings. The second-order valence-corrected chi connectivity index (χ2v) is 8.62. The standard InChI is InChI=1S/C14H17N3O4S2/c1-14(2,3)12-8-22-13(15-12)16-23(20,21)9-10-6-4-5-7-11(10)17(18)19/h4-8H,9H2,1-3H3,(H,15,16). The van der Waals surface area contributed by atoms with Gasteiger partial charge in [-0.3, -0.25) is 14.8 Å². The fraction of sp³-hybridized carbons (Fsp3) is 0.357. The Hall–Kier alpha value is -2.00. The van der Waals surface area contributed by atoms with E-state index in [2.05, 4.69) is 9.71 Å². The molecule has 0 spiro atoms. The summed E-state index contributed by atoms with van der Waals surface area (Å²) < 4.78 is 26.9. The molecule has 0 atom stereocenters. The zero-order chi connectivity index (χ0) is 17.3. The Bertz CT molecular complexity index is 823. The van der Waals surface area contributed by atoms with Gasteiger partial charge in [-0.15, -0.1) is 11.3 Å². The third kappa shape index (κ3) is 4.49. The highest BCUT2D eigenvalue weighted by Crippen LogP contribution is 2.27. The number of hydrogen-bond acceptors (Lipinski definition) is 6. The van der Waals surface area contributed by atoms with Gasteiger partial charge in [-0.1, -0.05) is 39.0 Å². The number of nitro groups is 1. The predicted molar refractivity (Wildman–Crippen MR) is 90.2 cm³/mol. The highest BCUT2D eigenvalue weighted by atomic mass is 32.2. The van der Waals surface area contributed by atoms with Crippen molar-refractivity contribution in [2.75, 3.05) is 4.72 Å². The maximum atomic E-state index is 12.2. The van der Waals surface area contributed by atoms with Crippen LogP contribution in [-0.4, -0.2) is 18.3 Å². The quantitative estimate of drug-likeness (QED) is 0.655. The smallest absolute Gasteiger partial charge is 0.258 e. The monoisotopic (exact) mass is 355 g/mol. The molecule has 1 aromatic heterocycles. The van der Waals surface area contributed by atoms with E-state index in [-0.39, 0.29) is 21.8 Å². The van der Waals surface area contributed by atoms with E-state index in [4.69, 9.17) is 0 Å². The minimum absolute atomic E-state index is 0.137. The van der Waals surface area contributed by atoms with Crippen LogP contribution in [0, 0.1) is 10.1 Å². The number of benzene rings is 1. The summed E-state index contributed by atoms with van der Waals surface area (Å²) in [6.07, 6.45) is 0. The highest BCUT2D eigenvalue weighted by Gasteiger charge is 2.22. The fourth-order valence-electron chi connectivity index (χ4n) is 1.85.